The maximum absolute atomic E-state index is 12.1. The van der Waals surface area contributed by atoms with Crippen LogP contribution in [0.4, 0.5) is 0 Å². The van der Waals surface area contributed by atoms with Gasteiger partial charge in [0.05, 0.1) is 24.0 Å². The van der Waals surface area contributed by atoms with Crippen LogP contribution in [0.25, 0.3) is 0 Å². The van der Waals surface area contributed by atoms with Crippen molar-refractivity contribution in [1.82, 2.24) is 24.7 Å². The Hall–Kier alpha value is -2.29. The Kier molecular flexibility index (Phi) is 5.36. The molecule has 0 fully saturated rings. The van der Waals surface area contributed by atoms with Crippen LogP contribution in [0.15, 0.2) is 34.2 Å². The molecule has 1 N–H and O–H groups in total. The lowest BCUT2D eigenvalue weighted by molar-refractivity contribution is 0.680. The molecule has 134 valence electrons. The fraction of sp³-hybridized carbons (Fsp3) is 0.188. The molecule has 0 bridgehead atoms. The Bertz CT molecular complexity index is 1110. The van der Waals surface area contributed by atoms with Crippen molar-refractivity contribution in [3.8, 4) is 0 Å². The molecule has 3 rings (SSSR count). The Morgan fingerprint density at radius 2 is 2.00 bits per heavy atom. The van der Waals surface area contributed by atoms with Gasteiger partial charge in [0.25, 0.3) is 5.56 Å². The van der Waals surface area contributed by atoms with Crippen LogP contribution in [0, 0.1) is 18.6 Å². The molecular formula is C16H14Cl2N6OS. The number of hydrogen-bond donors (Lipinski definition) is 1. The highest BCUT2D eigenvalue weighted by Crippen LogP contribution is 2.22. The van der Waals surface area contributed by atoms with Crippen LogP contribution >= 0.6 is 35.4 Å². The van der Waals surface area contributed by atoms with E-state index in [1.54, 1.807) is 18.5 Å². The Morgan fingerprint density at radius 1 is 1.27 bits per heavy atom. The second-order valence-corrected chi connectivity index (χ2v) is 6.67. The Morgan fingerprint density at radius 3 is 2.73 bits per heavy atom. The third kappa shape index (κ3) is 3.62. The minimum atomic E-state index is -0.401. The Labute approximate surface area is 163 Å². The zero-order valence-electron chi connectivity index (χ0n) is 13.9. The second-order valence-electron chi connectivity index (χ2n) is 5.51. The largest absolute Gasteiger partial charge is 0.296 e. The second kappa shape index (κ2) is 7.53. The summed E-state index contributed by atoms with van der Waals surface area (Å²) in [7, 11) is 0. The van der Waals surface area contributed by atoms with Gasteiger partial charge in [0.2, 0.25) is 4.77 Å². The average molecular weight is 409 g/mol. The number of hydrogen-bond acceptors (Lipinski definition) is 5. The maximum Gasteiger partial charge on any atom is 0.296 e. The Balaban J connectivity index is 1.97. The average Bonchev–Trinajstić information content (AvgIpc) is 2.87. The van der Waals surface area contributed by atoms with Gasteiger partial charge in [-0.2, -0.15) is 20.0 Å². The third-order valence-corrected chi connectivity index (χ3v) is 4.73. The van der Waals surface area contributed by atoms with E-state index in [2.05, 4.69) is 20.4 Å². The van der Waals surface area contributed by atoms with Crippen molar-refractivity contribution in [2.24, 2.45) is 5.10 Å². The van der Waals surface area contributed by atoms with Crippen molar-refractivity contribution in [2.45, 2.75) is 20.4 Å². The van der Waals surface area contributed by atoms with Gasteiger partial charge in [0, 0.05) is 5.02 Å². The summed E-state index contributed by atoms with van der Waals surface area (Å²) < 4.78 is 2.77. The lowest BCUT2D eigenvalue weighted by Crippen LogP contribution is -2.22. The predicted octanol–water partition coefficient (Wildman–Crippen LogP) is 3.35. The van der Waals surface area contributed by atoms with Gasteiger partial charge >= 0.3 is 0 Å². The van der Waals surface area contributed by atoms with Crippen LogP contribution in [-0.4, -0.2) is 30.9 Å². The van der Waals surface area contributed by atoms with Gasteiger partial charge in [-0.15, -0.1) is 0 Å². The summed E-state index contributed by atoms with van der Waals surface area (Å²) in [5.41, 5.74) is 2.01. The van der Waals surface area contributed by atoms with Gasteiger partial charge in [-0.1, -0.05) is 41.4 Å². The molecule has 0 radical (unpaired) electrons. The lowest BCUT2D eigenvalue weighted by atomic mass is 10.2. The number of nitrogens with zero attached hydrogens (tertiary/aromatic N) is 5. The van der Waals surface area contributed by atoms with Crippen molar-refractivity contribution < 1.29 is 0 Å². The monoisotopic (exact) mass is 408 g/mol. The van der Waals surface area contributed by atoms with Crippen LogP contribution in [0.1, 0.15) is 22.5 Å². The molecule has 2 aromatic heterocycles. The molecule has 0 unspecified atom stereocenters. The molecule has 1 aromatic carbocycles. The summed E-state index contributed by atoms with van der Waals surface area (Å²) in [6, 6.07) is 7.47. The minimum Gasteiger partial charge on any atom is -0.265 e. The smallest absolute Gasteiger partial charge is 0.265 e. The highest BCUT2D eigenvalue weighted by atomic mass is 35.5. The lowest BCUT2D eigenvalue weighted by Gasteiger charge is -2.05. The van der Waals surface area contributed by atoms with Gasteiger partial charge < -0.3 is 0 Å². The molecule has 0 aliphatic carbocycles. The molecule has 0 amide bonds. The van der Waals surface area contributed by atoms with E-state index in [0.717, 1.165) is 10.2 Å². The molecule has 0 saturated carbocycles. The molecule has 0 aliphatic rings. The number of aromatic amines is 1. The number of aromatic nitrogens is 5. The standard InChI is InChI=1S/C16H14Cl2N6OS/c1-9-12(7-19-24-15(25)10(2)20-21-16(24)26)14(18)23(22-9)8-11-5-3-4-6-13(11)17/h3-7H,8H2,1-2H3,(H,21,26)/b19-7-. The zero-order valence-corrected chi connectivity index (χ0v) is 16.2. The summed E-state index contributed by atoms with van der Waals surface area (Å²) in [6.07, 6.45) is 1.46. The normalized spacial score (nSPS) is 11.4. The van der Waals surface area contributed by atoms with Gasteiger partial charge in [-0.05, 0) is 37.7 Å². The summed E-state index contributed by atoms with van der Waals surface area (Å²) in [5, 5.41) is 15.9. The summed E-state index contributed by atoms with van der Waals surface area (Å²) in [5.74, 6) is 0. The van der Waals surface area contributed by atoms with Crippen molar-refractivity contribution in [1.29, 1.82) is 0 Å². The number of rotatable bonds is 4. The topological polar surface area (TPSA) is 80.9 Å². The van der Waals surface area contributed by atoms with E-state index in [9.17, 15) is 4.79 Å². The van der Waals surface area contributed by atoms with E-state index in [4.69, 9.17) is 35.4 Å². The fourth-order valence-electron chi connectivity index (χ4n) is 2.30. The van der Waals surface area contributed by atoms with Crippen LogP contribution in [0.5, 0.6) is 0 Å². The number of aryl methyl sites for hydroxylation is 2. The molecule has 0 aliphatic heterocycles. The van der Waals surface area contributed by atoms with Gasteiger partial charge in [0.15, 0.2) is 0 Å². The molecular weight excluding hydrogens is 395 g/mol. The van der Waals surface area contributed by atoms with Crippen LogP contribution in [0.3, 0.4) is 0 Å². The first-order valence-electron chi connectivity index (χ1n) is 7.57. The maximum atomic E-state index is 12.1. The summed E-state index contributed by atoms with van der Waals surface area (Å²) in [6.45, 7) is 3.79. The number of nitrogens with one attached hydrogen (secondary N) is 1. The summed E-state index contributed by atoms with van der Waals surface area (Å²) in [4.78, 5) is 12.1. The van der Waals surface area contributed by atoms with E-state index < -0.39 is 5.56 Å². The molecule has 3 aromatic rings. The van der Waals surface area contributed by atoms with Crippen molar-refractivity contribution in [3.63, 3.8) is 0 Å². The summed E-state index contributed by atoms with van der Waals surface area (Å²) >= 11 is 17.7. The first-order chi connectivity index (χ1) is 12.4. The highest BCUT2D eigenvalue weighted by molar-refractivity contribution is 7.71. The predicted molar refractivity (Wildman–Crippen MR) is 104 cm³/mol. The third-order valence-electron chi connectivity index (χ3n) is 3.70. The fourth-order valence-corrected chi connectivity index (χ4v) is 2.95. The number of H-pyrrole nitrogens is 1. The minimum absolute atomic E-state index is 0.0917. The van der Waals surface area contributed by atoms with Crippen molar-refractivity contribution in [2.75, 3.05) is 0 Å². The molecule has 2 heterocycles. The van der Waals surface area contributed by atoms with E-state index in [0.29, 0.717) is 28.0 Å². The number of benzene rings is 1. The van der Waals surface area contributed by atoms with E-state index in [1.807, 2.05) is 24.3 Å². The van der Waals surface area contributed by atoms with Crippen LogP contribution in [-0.2, 0) is 6.54 Å². The van der Waals surface area contributed by atoms with Crippen molar-refractivity contribution >= 4 is 41.6 Å². The zero-order chi connectivity index (χ0) is 18.8. The molecule has 0 spiro atoms. The first kappa shape index (κ1) is 18.5. The number of halogens is 2. The quantitative estimate of drug-likeness (QED) is 0.529. The molecule has 10 heteroatoms. The van der Waals surface area contributed by atoms with Crippen LogP contribution in [0.2, 0.25) is 10.2 Å². The molecule has 7 nitrogen and oxygen atoms in total. The first-order valence-corrected chi connectivity index (χ1v) is 8.74. The highest BCUT2D eigenvalue weighted by Gasteiger charge is 2.13. The van der Waals surface area contributed by atoms with E-state index in [-0.39, 0.29) is 10.5 Å². The van der Waals surface area contributed by atoms with E-state index in [1.165, 1.54) is 6.21 Å². The van der Waals surface area contributed by atoms with Gasteiger partial charge in [0.1, 0.15) is 10.8 Å². The van der Waals surface area contributed by atoms with Gasteiger partial charge in [-0.25, -0.2) is 4.68 Å². The van der Waals surface area contributed by atoms with E-state index >= 15 is 0 Å². The molecule has 0 atom stereocenters. The molecule has 26 heavy (non-hydrogen) atoms. The molecule has 0 saturated heterocycles. The van der Waals surface area contributed by atoms with Crippen LogP contribution < -0.4 is 5.56 Å². The van der Waals surface area contributed by atoms with Crippen molar-refractivity contribution in [3.05, 3.63) is 72.1 Å². The SMILES string of the molecule is Cc1nn(Cc2ccccc2Cl)c(Cl)c1/C=N\n1c(=S)[nH]nc(C)c1=O. The van der Waals surface area contributed by atoms with Gasteiger partial charge in [-0.3, -0.25) is 9.89 Å².